The number of carboxylic acid groups (broad SMARTS) is 1. The number of nitrogens with one attached hydrogen (secondary N) is 1. The molecule has 1 fully saturated rings. The largest absolute Gasteiger partial charge is 0.481 e. The Balaban J connectivity index is 1.71. The molecule has 0 aromatic rings. The highest BCUT2D eigenvalue weighted by atomic mass is 16.5. The van der Waals surface area contributed by atoms with Crippen LogP contribution in [-0.4, -0.2) is 35.7 Å². The first-order chi connectivity index (χ1) is 10.1. The first-order valence-electron chi connectivity index (χ1n) is 7.99. The van der Waals surface area contributed by atoms with E-state index < -0.39 is 23.9 Å². The van der Waals surface area contributed by atoms with E-state index in [-0.39, 0.29) is 12.0 Å². The second-order valence-corrected chi connectivity index (χ2v) is 5.90. The highest BCUT2D eigenvalue weighted by Gasteiger charge is 2.52. The maximum Gasteiger partial charge on any atom is 0.310 e. The lowest BCUT2D eigenvalue weighted by Crippen LogP contribution is -2.42. The van der Waals surface area contributed by atoms with Gasteiger partial charge in [-0.15, -0.1) is 0 Å². The van der Waals surface area contributed by atoms with Gasteiger partial charge in [0.05, 0.1) is 18.1 Å². The number of amides is 1. The van der Waals surface area contributed by atoms with Gasteiger partial charge in [0.2, 0.25) is 5.91 Å². The summed E-state index contributed by atoms with van der Waals surface area (Å²) in [6.45, 7) is 2.81. The minimum atomic E-state index is -0.952. The molecule has 21 heavy (non-hydrogen) atoms. The zero-order chi connectivity index (χ0) is 15.2. The van der Waals surface area contributed by atoms with Gasteiger partial charge in [0, 0.05) is 6.54 Å². The van der Waals surface area contributed by atoms with E-state index >= 15 is 0 Å². The molecule has 0 unspecified atom stereocenters. The monoisotopic (exact) mass is 295 g/mol. The predicted molar refractivity (Wildman–Crippen MR) is 78.8 cm³/mol. The Morgan fingerprint density at radius 2 is 1.67 bits per heavy atom. The molecule has 2 aliphatic heterocycles. The van der Waals surface area contributed by atoms with E-state index in [0.717, 1.165) is 12.8 Å². The minimum absolute atomic E-state index is 0.187. The number of rotatable bonds is 9. The van der Waals surface area contributed by atoms with Crippen molar-refractivity contribution in [3.05, 3.63) is 12.2 Å². The van der Waals surface area contributed by atoms with Crippen LogP contribution >= 0.6 is 0 Å². The van der Waals surface area contributed by atoms with Crippen LogP contribution in [0.15, 0.2) is 12.2 Å². The molecule has 0 aromatic carbocycles. The maximum atomic E-state index is 12.2. The molecular weight excluding hydrogens is 270 g/mol. The summed E-state index contributed by atoms with van der Waals surface area (Å²) >= 11 is 0. The fraction of sp³-hybridized carbons (Fsp3) is 0.750. The number of unbranched alkanes of at least 4 members (excludes halogenated alkanes) is 5. The average Bonchev–Trinajstić information content (AvgIpc) is 3.06. The van der Waals surface area contributed by atoms with Crippen LogP contribution < -0.4 is 5.32 Å². The normalized spacial score (nSPS) is 29.8. The van der Waals surface area contributed by atoms with E-state index in [1.54, 1.807) is 12.2 Å². The summed E-state index contributed by atoms with van der Waals surface area (Å²) in [6, 6.07) is 0. The number of hydrogen-bond donors (Lipinski definition) is 2. The third-order valence-corrected chi connectivity index (χ3v) is 4.32. The number of carbonyl (C=O) groups excluding carboxylic acids is 1. The SMILES string of the molecule is CCCCCCCCNC(=O)[C@@H]1[C@@H](C(=O)O)[C@H]2C=C[C@@H]1O2. The van der Waals surface area contributed by atoms with Crippen LogP contribution in [0.2, 0.25) is 0 Å². The standard InChI is InChI=1S/C16H25NO4/c1-2-3-4-5-6-7-10-17-15(18)13-11-8-9-12(21-11)14(13)16(19)20/h8-9,11-14H,2-7,10H2,1H3,(H,17,18)(H,19,20)/t11-,12+,13-,14-/m0/s1. The second-order valence-electron chi connectivity index (χ2n) is 5.90. The number of hydrogen-bond acceptors (Lipinski definition) is 3. The Morgan fingerprint density at radius 1 is 1.05 bits per heavy atom. The Kier molecular flexibility index (Phi) is 5.79. The van der Waals surface area contributed by atoms with Gasteiger partial charge in [0.25, 0.3) is 0 Å². The number of ether oxygens (including phenoxy) is 1. The zero-order valence-corrected chi connectivity index (χ0v) is 12.6. The van der Waals surface area contributed by atoms with Crippen LogP contribution in [0.3, 0.4) is 0 Å². The van der Waals surface area contributed by atoms with Crippen molar-refractivity contribution in [2.24, 2.45) is 11.8 Å². The van der Waals surface area contributed by atoms with Crippen molar-refractivity contribution in [3.8, 4) is 0 Å². The smallest absolute Gasteiger partial charge is 0.310 e. The van der Waals surface area contributed by atoms with Gasteiger partial charge in [-0.05, 0) is 6.42 Å². The Hall–Kier alpha value is -1.36. The van der Waals surface area contributed by atoms with Crippen LogP contribution in [0, 0.1) is 11.8 Å². The summed E-state index contributed by atoms with van der Waals surface area (Å²) in [6.07, 6.45) is 9.73. The van der Waals surface area contributed by atoms with E-state index in [9.17, 15) is 14.7 Å². The molecule has 2 heterocycles. The second kappa shape index (κ2) is 7.59. The molecule has 2 rings (SSSR count). The van der Waals surface area contributed by atoms with Gasteiger partial charge in [0.15, 0.2) is 0 Å². The molecule has 0 aromatic heterocycles. The van der Waals surface area contributed by atoms with Crippen LogP contribution in [0.1, 0.15) is 45.4 Å². The summed E-state index contributed by atoms with van der Waals surface area (Å²) in [5, 5.41) is 12.1. The molecule has 0 saturated carbocycles. The van der Waals surface area contributed by atoms with Crippen molar-refractivity contribution in [2.45, 2.75) is 57.7 Å². The maximum absolute atomic E-state index is 12.2. The molecule has 0 aliphatic carbocycles. The molecule has 2 aliphatic rings. The highest BCUT2D eigenvalue weighted by Crippen LogP contribution is 2.39. The Labute approximate surface area is 125 Å². The van der Waals surface area contributed by atoms with Crippen LogP contribution in [0.5, 0.6) is 0 Å². The highest BCUT2D eigenvalue weighted by molar-refractivity contribution is 5.87. The molecule has 5 heteroatoms. The number of aliphatic carboxylic acids is 1. The summed E-state index contributed by atoms with van der Waals surface area (Å²) in [5.41, 5.74) is 0. The lowest BCUT2D eigenvalue weighted by Gasteiger charge is -2.20. The fourth-order valence-electron chi connectivity index (χ4n) is 3.15. The van der Waals surface area contributed by atoms with Crippen LogP contribution in [-0.2, 0) is 14.3 Å². The van der Waals surface area contributed by atoms with E-state index in [2.05, 4.69) is 12.2 Å². The number of carboxylic acids is 1. The molecule has 1 saturated heterocycles. The Bertz CT molecular complexity index is 407. The lowest BCUT2D eigenvalue weighted by molar-refractivity contribution is -0.146. The summed E-state index contributed by atoms with van der Waals surface area (Å²) in [7, 11) is 0. The topological polar surface area (TPSA) is 75.6 Å². The van der Waals surface area contributed by atoms with Gasteiger partial charge in [-0.25, -0.2) is 0 Å². The Morgan fingerprint density at radius 3 is 2.33 bits per heavy atom. The number of fused-ring (bicyclic) bond motifs is 2. The van der Waals surface area contributed by atoms with Gasteiger partial charge >= 0.3 is 5.97 Å². The summed E-state index contributed by atoms with van der Waals surface area (Å²) in [5.74, 6) is -2.47. The zero-order valence-electron chi connectivity index (χ0n) is 12.6. The molecule has 2 N–H and O–H groups in total. The first kappa shape index (κ1) is 16.0. The van der Waals surface area contributed by atoms with Crippen molar-refractivity contribution >= 4 is 11.9 Å². The first-order valence-corrected chi connectivity index (χ1v) is 7.99. The van der Waals surface area contributed by atoms with Crippen molar-refractivity contribution < 1.29 is 19.4 Å². The third kappa shape index (κ3) is 3.84. The van der Waals surface area contributed by atoms with Gasteiger partial charge in [0.1, 0.15) is 5.92 Å². The van der Waals surface area contributed by atoms with Gasteiger partial charge < -0.3 is 15.2 Å². The van der Waals surface area contributed by atoms with Crippen molar-refractivity contribution in [3.63, 3.8) is 0 Å². The summed E-state index contributed by atoms with van der Waals surface area (Å²) < 4.78 is 5.50. The molecule has 0 spiro atoms. The van der Waals surface area contributed by atoms with Crippen molar-refractivity contribution in [1.82, 2.24) is 5.32 Å². The van der Waals surface area contributed by atoms with E-state index in [0.29, 0.717) is 6.54 Å². The molecule has 118 valence electrons. The lowest BCUT2D eigenvalue weighted by atomic mass is 9.82. The molecule has 5 nitrogen and oxygen atoms in total. The van der Waals surface area contributed by atoms with Crippen molar-refractivity contribution in [2.75, 3.05) is 6.54 Å². The molecule has 0 radical (unpaired) electrons. The quantitative estimate of drug-likeness (QED) is 0.504. The molecular formula is C16H25NO4. The van der Waals surface area contributed by atoms with Gasteiger partial charge in [-0.3, -0.25) is 9.59 Å². The van der Waals surface area contributed by atoms with Crippen LogP contribution in [0.4, 0.5) is 0 Å². The van der Waals surface area contributed by atoms with Gasteiger partial charge in [-0.2, -0.15) is 0 Å². The summed E-state index contributed by atoms with van der Waals surface area (Å²) in [4.78, 5) is 23.5. The fourth-order valence-corrected chi connectivity index (χ4v) is 3.15. The number of carbonyl (C=O) groups is 2. The minimum Gasteiger partial charge on any atom is -0.481 e. The molecule has 1 amide bonds. The van der Waals surface area contributed by atoms with E-state index in [1.165, 1.54) is 25.7 Å². The molecule has 2 bridgehead atoms. The predicted octanol–water partition coefficient (Wildman–Crippen LogP) is 2.12. The van der Waals surface area contributed by atoms with Crippen molar-refractivity contribution in [1.29, 1.82) is 0 Å². The molecule has 4 atom stereocenters. The van der Waals surface area contributed by atoms with E-state index in [4.69, 9.17) is 4.74 Å². The van der Waals surface area contributed by atoms with Gasteiger partial charge in [-0.1, -0.05) is 51.2 Å². The third-order valence-electron chi connectivity index (χ3n) is 4.32. The average molecular weight is 295 g/mol. The van der Waals surface area contributed by atoms with Crippen LogP contribution in [0.25, 0.3) is 0 Å². The van der Waals surface area contributed by atoms with E-state index in [1.807, 2.05) is 0 Å².